The highest BCUT2D eigenvalue weighted by Crippen LogP contribution is 2.22. The molecule has 0 saturated carbocycles. The second-order valence-corrected chi connectivity index (χ2v) is 4.04. The van der Waals surface area contributed by atoms with E-state index < -0.39 is 0 Å². The van der Waals surface area contributed by atoms with Crippen LogP contribution < -0.4 is 0 Å². The number of ether oxygens (including phenoxy) is 1. The molecule has 0 aliphatic heterocycles. The predicted octanol–water partition coefficient (Wildman–Crippen LogP) is 2.47. The fraction of sp³-hybridized carbons (Fsp3) is 0.400. The fourth-order valence-electron chi connectivity index (χ4n) is 1.14. The lowest BCUT2D eigenvalue weighted by molar-refractivity contribution is -0.385. The van der Waals surface area contributed by atoms with Gasteiger partial charge in [-0.15, -0.1) is 0 Å². The summed E-state index contributed by atoms with van der Waals surface area (Å²) in [5.74, 6) is 1.50. The van der Waals surface area contributed by atoms with Crippen LogP contribution in [0.5, 0.6) is 0 Å². The first-order chi connectivity index (χ1) is 7.25. The topological polar surface area (TPSA) is 52.4 Å². The zero-order valence-electron chi connectivity index (χ0n) is 8.51. The molecule has 0 bridgehead atoms. The van der Waals surface area contributed by atoms with Crippen molar-refractivity contribution in [3.8, 4) is 0 Å². The van der Waals surface area contributed by atoms with Crippen molar-refractivity contribution >= 4 is 17.4 Å². The van der Waals surface area contributed by atoms with Gasteiger partial charge in [-0.05, 0) is 0 Å². The van der Waals surface area contributed by atoms with Crippen LogP contribution in [0, 0.1) is 10.1 Å². The minimum Gasteiger partial charge on any atom is -0.384 e. The van der Waals surface area contributed by atoms with Crippen LogP contribution in [0.4, 0.5) is 5.69 Å². The Bertz CT molecular complexity index is 330. The number of nitrogens with zero attached hydrogens (tertiary/aromatic N) is 1. The number of hydrogen-bond donors (Lipinski definition) is 0. The van der Waals surface area contributed by atoms with Crippen molar-refractivity contribution < 1.29 is 9.66 Å². The number of nitro groups is 1. The number of methoxy groups -OCH3 is 1. The molecule has 1 rings (SSSR count). The first-order valence-corrected chi connectivity index (χ1v) is 5.70. The fourth-order valence-corrected chi connectivity index (χ4v) is 2.03. The van der Waals surface area contributed by atoms with Crippen molar-refractivity contribution in [2.24, 2.45) is 0 Å². The third kappa shape index (κ3) is 3.89. The quantitative estimate of drug-likeness (QED) is 0.425. The summed E-state index contributed by atoms with van der Waals surface area (Å²) in [6.07, 6.45) is 0. The molecule has 0 heterocycles. The molecular weight excluding hydrogens is 214 g/mol. The normalized spacial score (nSPS) is 10.2. The van der Waals surface area contributed by atoms with E-state index in [9.17, 15) is 10.1 Å². The van der Waals surface area contributed by atoms with Crippen molar-refractivity contribution in [3.05, 3.63) is 39.9 Å². The first kappa shape index (κ1) is 12.0. The Morgan fingerprint density at radius 2 is 2.20 bits per heavy atom. The molecule has 0 spiro atoms. The van der Waals surface area contributed by atoms with E-state index in [1.54, 1.807) is 31.0 Å². The molecule has 0 amide bonds. The molecule has 82 valence electrons. The van der Waals surface area contributed by atoms with Gasteiger partial charge in [-0.2, -0.15) is 11.8 Å². The van der Waals surface area contributed by atoms with Crippen LogP contribution in [-0.2, 0) is 10.5 Å². The lowest BCUT2D eigenvalue weighted by Gasteiger charge is -2.02. The van der Waals surface area contributed by atoms with E-state index in [0.29, 0.717) is 12.4 Å². The van der Waals surface area contributed by atoms with Gasteiger partial charge in [0, 0.05) is 30.2 Å². The van der Waals surface area contributed by atoms with Gasteiger partial charge in [-0.25, -0.2) is 0 Å². The summed E-state index contributed by atoms with van der Waals surface area (Å²) in [7, 11) is 1.64. The number of nitro benzene ring substituents is 1. The van der Waals surface area contributed by atoms with Crippen LogP contribution in [0.2, 0.25) is 0 Å². The summed E-state index contributed by atoms with van der Waals surface area (Å²) in [5.41, 5.74) is 0.964. The van der Waals surface area contributed by atoms with E-state index in [0.717, 1.165) is 11.3 Å². The van der Waals surface area contributed by atoms with Crippen molar-refractivity contribution in [1.82, 2.24) is 0 Å². The zero-order valence-corrected chi connectivity index (χ0v) is 9.33. The Morgan fingerprint density at radius 1 is 1.47 bits per heavy atom. The van der Waals surface area contributed by atoms with Gasteiger partial charge in [-0.3, -0.25) is 10.1 Å². The first-order valence-electron chi connectivity index (χ1n) is 4.54. The molecule has 0 aromatic heterocycles. The summed E-state index contributed by atoms with van der Waals surface area (Å²) >= 11 is 1.63. The third-order valence-electron chi connectivity index (χ3n) is 1.88. The highest BCUT2D eigenvalue weighted by atomic mass is 32.2. The van der Waals surface area contributed by atoms with Gasteiger partial charge < -0.3 is 4.74 Å². The molecule has 0 saturated heterocycles. The molecule has 1 aromatic carbocycles. The van der Waals surface area contributed by atoms with Crippen molar-refractivity contribution in [2.75, 3.05) is 19.5 Å². The lowest BCUT2D eigenvalue weighted by atomic mass is 10.2. The highest BCUT2D eigenvalue weighted by Gasteiger charge is 2.11. The number of rotatable bonds is 6. The van der Waals surface area contributed by atoms with Gasteiger partial charge in [0.05, 0.1) is 11.5 Å². The largest absolute Gasteiger partial charge is 0.384 e. The summed E-state index contributed by atoms with van der Waals surface area (Å²) < 4.78 is 4.90. The van der Waals surface area contributed by atoms with E-state index in [4.69, 9.17) is 4.74 Å². The van der Waals surface area contributed by atoms with Crippen molar-refractivity contribution in [2.45, 2.75) is 5.75 Å². The average molecular weight is 227 g/mol. The number of para-hydroxylation sites is 1. The van der Waals surface area contributed by atoms with Gasteiger partial charge in [-0.1, -0.05) is 18.2 Å². The summed E-state index contributed by atoms with van der Waals surface area (Å²) in [4.78, 5) is 10.3. The molecule has 4 nitrogen and oxygen atoms in total. The second kappa shape index (κ2) is 6.42. The maximum atomic E-state index is 10.7. The van der Waals surface area contributed by atoms with Crippen LogP contribution in [0.25, 0.3) is 0 Å². The minimum absolute atomic E-state index is 0.197. The van der Waals surface area contributed by atoms with Crippen LogP contribution in [0.1, 0.15) is 5.56 Å². The van der Waals surface area contributed by atoms with Gasteiger partial charge in [0.2, 0.25) is 0 Å². The molecule has 0 aliphatic carbocycles. The molecule has 0 aliphatic rings. The molecule has 15 heavy (non-hydrogen) atoms. The third-order valence-corrected chi connectivity index (χ3v) is 2.85. The minimum atomic E-state index is -0.341. The van der Waals surface area contributed by atoms with Crippen LogP contribution in [0.15, 0.2) is 24.3 Å². The van der Waals surface area contributed by atoms with E-state index >= 15 is 0 Å². The molecular formula is C10H13NO3S. The zero-order chi connectivity index (χ0) is 11.1. The van der Waals surface area contributed by atoms with Gasteiger partial charge >= 0.3 is 0 Å². The summed E-state index contributed by atoms with van der Waals surface area (Å²) in [6.45, 7) is 0.672. The van der Waals surface area contributed by atoms with Crippen LogP contribution >= 0.6 is 11.8 Å². The van der Waals surface area contributed by atoms with Crippen LogP contribution in [-0.4, -0.2) is 24.4 Å². The van der Waals surface area contributed by atoms with Gasteiger partial charge in [0.25, 0.3) is 5.69 Å². The number of hydrogen-bond acceptors (Lipinski definition) is 4. The SMILES string of the molecule is COCCSCc1ccccc1[N+](=O)[O-]. The Morgan fingerprint density at radius 3 is 2.87 bits per heavy atom. The van der Waals surface area contributed by atoms with Crippen LogP contribution in [0.3, 0.4) is 0 Å². The summed E-state index contributed by atoms with van der Waals surface area (Å²) in [6, 6.07) is 6.82. The molecule has 0 unspecified atom stereocenters. The maximum Gasteiger partial charge on any atom is 0.273 e. The Kier molecular flexibility index (Phi) is 5.14. The molecule has 0 N–H and O–H groups in total. The Hall–Kier alpha value is -1.07. The van der Waals surface area contributed by atoms with Gasteiger partial charge in [0.1, 0.15) is 0 Å². The smallest absolute Gasteiger partial charge is 0.273 e. The number of benzene rings is 1. The van der Waals surface area contributed by atoms with E-state index in [-0.39, 0.29) is 10.6 Å². The van der Waals surface area contributed by atoms with Crippen molar-refractivity contribution in [3.63, 3.8) is 0 Å². The standard InChI is InChI=1S/C10H13NO3S/c1-14-6-7-15-8-9-4-2-3-5-10(9)11(12)13/h2-5H,6-8H2,1H3. The monoisotopic (exact) mass is 227 g/mol. The molecule has 0 fully saturated rings. The van der Waals surface area contributed by atoms with E-state index in [1.165, 1.54) is 6.07 Å². The van der Waals surface area contributed by atoms with Crippen molar-refractivity contribution in [1.29, 1.82) is 0 Å². The highest BCUT2D eigenvalue weighted by molar-refractivity contribution is 7.98. The Balaban J connectivity index is 2.56. The maximum absolute atomic E-state index is 10.7. The molecule has 5 heteroatoms. The molecule has 1 aromatic rings. The predicted molar refractivity (Wildman–Crippen MR) is 61.1 cm³/mol. The number of thioether (sulfide) groups is 1. The average Bonchev–Trinajstić information content (AvgIpc) is 2.25. The second-order valence-electron chi connectivity index (χ2n) is 2.93. The summed E-state index contributed by atoms with van der Waals surface area (Å²) in [5, 5.41) is 10.7. The Labute approximate surface area is 92.8 Å². The molecule has 0 atom stereocenters. The molecule has 0 radical (unpaired) electrons. The van der Waals surface area contributed by atoms with Gasteiger partial charge in [0.15, 0.2) is 0 Å². The lowest BCUT2D eigenvalue weighted by Crippen LogP contribution is -1.96. The van der Waals surface area contributed by atoms with E-state index in [1.807, 2.05) is 6.07 Å². The van der Waals surface area contributed by atoms with E-state index in [2.05, 4.69) is 0 Å².